The Morgan fingerprint density at radius 2 is 2.00 bits per heavy atom. The lowest BCUT2D eigenvalue weighted by Gasteiger charge is -2.29. The van der Waals surface area contributed by atoms with Crippen molar-refractivity contribution in [3.8, 4) is 0 Å². The van der Waals surface area contributed by atoms with E-state index in [1.807, 2.05) is 0 Å². The molecule has 0 saturated carbocycles. The molecule has 0 radical (unpaired) electrons. The lowest BCUT2D eigenvalue weighted by Crippen LogP contribution is -2.50. The average Bonchev–Trinajstić information content (AvgIpc) is 2.92. The number of carbonyl (C=O) groups is 2. The summed E-state index contributed by atoms with van der Waals surface area (Å²) in [5, 5.41) is 7.34. The Kier molecular flexibility index (Phi) is 6.03. The van der Waals surface area contributed by atoms with Crippen LogP contribution in [-0.4, -0.2) is 53.5 Å². The van der Waals surface area contributed by atoms with Crippen LogP contribution < -0.4 is 5.32 Å². The van der Waals surface area contributed by atoms with Gasteiger partial charge in [-0.1, -0.05) is 11.2 Å². The van der Waals surface area contributed by atoms with Gasteiger partial charge in [-0.2, -0.15) is 0 Å². The second-order valence-corrected chi connectivity index (χ2v) is 8.90. The zero-order chi connectivity index (χ0) is 22.1. The number of rotatable bonds is 3. The summed E-state index contributed by atoms with van der Waals surface area (Å²) in [5.41, 5.74) is -1.14. The van der Waals surface area contributed by atoms with Gasteiger partial charge in [-0.3, -0.25) is 4.79 Å². The van der Waals surface area contributed by atoms with E-state index in [4.69, 9.17) is 14.0 Å². The molecule has 0 bridgehead atoms. The summed E-state index contributed by atoms with van der Waals surface area (Å²) in [6.07, 6.45) is -0.753. The summed E-state index contributed by atoms with van der Waals surface area (Å²) in [6, 6.07) is 4.53. The Morgan fingerprint density at radius 1 is 1.27 bits per heavy atom. The third-order valence-electron chi connectivity index (χ3n) is 4.70. The third kappa shape index (κ3) is 4.89. The molecule has 30 heavy (non-hydrogen) atoms. The number of nitrogens with zero attached hydrogens (tertiary/aromatic N) is 2. The fourth-order valence-electron chi connectivity index (χ4n) is 3.30. The van der Waals surface area contributed by atoms with Gasteiger partial charge in [0.05, 0.1) is 17.5 Å². The van der Waals surface area contributed by atoms with Crippen LogP contribution in [0.4, 0.5) is 9.18 Å². The van der Waals surface area contributed by atoms with Gasteiger partial charge in [0, 0.05) is 13.2 Å². The molecule has 1 unspecified atom stereocenters. The van der Waals surface area contributed by atoms with Crippen molar-refractivity contribution in [2.24, 2.45) is 0 Å². The lowest BCUT2D eigenvalue weighted by molar-refractivity contribution is -0.134. The quantitative estimate of drug-likeness (QED) is 0.817. The molecule has 3 rings (SSSR count). The van der Waals surface area contributed by atoms with Gasteiger partial charge in [-0.05, 0) is 53.2 Å². The van der Waals surface area contributed by atoms with E-state index in [0.29, 0.717) is 30.7 Å². The topological polar surface area (TPSA) is 93.9 Å². The number of fused-ring (bicyclic) bond motifs is 1. The molecule has 1 aromatic carbocycles. The van der Waals surface area contributed by atoms with Crippen molar-refractivity contribution < 1.29 is 28.0 Å². The van der Waals surface area contributed by atoms with Crippen molar-refractivity contribution in [1.29, 1.82) is 0 Å². The molecule has 2 heterocycles. The van der Waals surface area contributed by atoms with Gasteiger partial charge in [0.1, 0.15) is 11.3 Å². The molecule has 9 heteroatoms. The van der Waals surface area contributed by atoms with Crippen molar-refractivity contribution in [1.82, 2.24) is 15.4 Å². The largest absolute Gasteiger partial charge is 0.444 e. The van der Waals surface area contributed by atoms with Gasteiger partial charge >= 0.3 is 6.09 Å². The Bertz CT molecular complexity index is 934. The molecular formula is C21H28FN3O5. The summed E-state index contributed by atoms with van der Waals surface area (Å²) in [6.45, 7) is 9.71. The van der Waals surface area contributed by atoms with Crippen molar-refractivity contribution in [2.45, 2.75) is 58.3 Å². The minimum atomic E-state index is -0.956. The van der Waals surface area contributed by atoms with Crippen LogP contribution >= 0.6 is 0 Å². The van der Waals surface area contributed by atoms with Crippen LogP contribution in [0.25, 0.3) is 11.0 Å². The molecule has 1 aliphatic heterocycles. The first-order valence-electron chi connectivity index (χ1n) is 9.94. The maximum Gasteiger partial charge on any atom is 0.410 e. The Hall–Kier alpha value is -2.68. The number of halogens is 1. The Balaban J connectivity index is 1.74. The fraction of sp³-hybridized carbons (Fsp3) is 0.571. The van der Waals surface area contributed by atoms with Gasteiger partial charge in [-0.25, -0.2) is 9.18 Å². The highest BCUT2D eigenvalue weighted by Gasteiger charge is 2.35. The lowest BCUT2D eigenvalue weighted by atomic mass is 9.96. The van der Waals surface area contributed by atoms with Crippen molar-refractivity contribution in [3.63, 3.8) is 0 Å². The Labute approximate surface area is 174 Å². The van der Waals surface area contributed by atoms with E-state index in [1.165, 1.54) is 11.0 Å². The van der Waals surface area contributed by atoms with Crippen LogP contribution in [0.5, 0.6) is 0 Å². The first-order chi connectivity index (χ1) is 14.0. The molecule has 0 spiro atoms. The van der Waals surface area contributed by atoms with Crippen molar-refractivity contribution in [2.75, 3.05) is 19.7 Å². The van der Waals surface area contributed by atoms with E-state index in [2.05, 4.69) is 10.5 Å². The average molecular weight is 421 g/mol. The molecule has 1 aromatic heterocycles. The summed E-state index contributed by atoms with van der Waals surface area (Å²) >= 11 is 0. The SMILES string of the molecule is CC(C)(C)OC(=O)N1CCCOC(C(=O)NC(C)(C)c2noc3c(F)cccc23)C1. The number of amides is 2. The molecule has 1 saturated heterocycles. The summed E-state index contributed by atoms with van der Waals surface area (Å²) in [4.78, 5) is 26.9. The normalized spacial score (nSPS) is 18.2. The zero-order valence-corrected chi connectivity index (χ0v) is 18.0. The predicted octanol–water partition coefficient (Wildman–Crippen LogP) is 3.34. The van der Waals surface area contributed by atoms with Crippen LogP contribution in [0, 0.1) is 5.82 Å². The second kappa shape index (κ2) is 8.22. The maximum absolute atomic E-state index is 13.9. The standard InChI is InChI=1S/C21H28FN3O5/c1-20(2,3)29-19(27)25-10-7-11-28-15(12-25)18(26)23-21(4,5)17-13-8-6-9-14(22)16(13)30-24-17/h6,8-9,15H,7,10-12H2,1-5H3,(H,23,26). The minimum Gasteiger partial charge on any atom is -0.444 e. The Morgan fingerprint density at radius 3 is 2.70 bits per heavy atom. The van der Waals surface area contributed by atoms with E-state index in [0.717, 1.165) is 0 Å². The van der Waals surface area contributed by atoms with Crippen LogP contribution in [0.1, 0.15) is 46.7 Å². The number of benzene rings is 1. The maximum atomic E-state index is 13.9. The number of hydrogen-bond acceptors (Lipinski definition) is 6. The van der Waals surface area contributed by atoms with Crippen molar-refractivity contribution >= 4 is 23.0 Å². The molecule has 1 atom stereocenters. The highest BCUT2D eigenvalue weighted by atomic mass is 19.1. The van der Waals surface area contributed by atoms with Gasteiger partial charge in [-0.15, -0.1) is 0 Å². The number of nitrogens with one attached hydrogen (secondary N) is 1. The third-order valence-corrected chi connectivity index (χ3v) is 4.70. The summed E-state index contributed by atoms with van der Waals surface area (Å²) < 4.78 is 30.2. The molecule has 1 N–H and O–H groups in total. The highest BCUT2D eigenvalue weighted by Crippen LogP contribution is 2.29. The number of ether oxygens (including phenoxy) is 2. The summed E-state index contributed by atoms with van der Waals surface area (Å²) in [5.74, 6) is -0.920. The van der Waals surface area contributed by atoms with E-state index in [-0.39, 0.29) is 12.1 Å². The minimum absolute atomic E-state index is 0.0386. The molecule has 1 aliphatic rings. The van der Waals surface area contributed by atoms with E-state index in [1.54, 1.807) is 46.8 Å². The first-order valence-corrected chi connectivity index (χ1v) is 9.94. The molecular weight excluding hydrogens is 393 g/mol. The number of hydrogen-bond donors (Lipinski definition) is 1. The number of para-hydroxylation sites is 1. The fourth-order valence-corrected chi connectivity index (χ4v) is 3.30. The highest BCUT2D eigenvalue weighted by molar-refractivity contribution is 5.85. The van der Waals surface area contributed by atoms with Crippen LogP contribution in [-0.2, 0) is 19.8 Å². The first kappa shape index (κ1) is 22.0. The monoisotopic (exact) mass is 421 g/mol. The molecule has 164 valence electrons. The molecule has 0 aliphatic carbocycles. The van der Waals surface area contributed by atoms with Gasteiger partial charge in [0.2, 0.25) is 5.58 Å². The van der Waals surface area contributed by atoms with Gasteiger partial charge < -0.3 is 24.2 Å². The predicted molar refractivity (Wildman–Crippen MR) is 107 cm³/mol. The van der Waals surface area contributed by atoms with Gasteiger partial charge in [0.25, 0.3) is 5.91 Å². The van der Waals surface area contributed by atoms with Crippen LogP contribution in [0.3, 0.4) is 0 Å². The molecule has 8 nitrogen and oxygen atoms in total. The molecule has 2 amide bonds. The van der Waals surface area contributed by atoms with Gasteiger partial charge in [0.15, 0.2) is 11.9 Å². The van der Waals surface area contributed by atoms with E-state index < -0.39 is 35.1 Å². The van der Waals surface area contributed by atoms with Crippen LogP contribution in [0.2, 0.25) is 0 Å². The molecule has 2 aromatic rings. The number of aromatic nitrogens is 1. The second-order valence-electron chi connectivity index (χ2n) is 8.90. The van der Waals surface area contributed by atoms with E-state index in [9.17, 15) is 14.0 Å². The summed E-state index contributed by atoms with van der Waals surface area (Å²) in [7, 11) is 0. The zero-order valence-electron chi connectivity index (χ0n) is 18.0. The van der Waals surface area contributed by atoms with Crippen molar-refractivity contribution in [3.05, 3.63) is 29.7 Å². The van der Waals surface area contributed by atoms with E-state index >= 15 is 0 Å². The molecule has 1 fully saturated rings. The number of carbonyl (C=O) groups excluding carboxylic acids is 2. The van der Waals surface area contributed by atoms with Crippen LogP contribution in [0.15, 0.2) is 22.7 Å². The smallest absolute Gasteiger partial charge is 0.410 e.